The highest BCUT2D eigenvalue weighted by molar-refractivity contribution is 6.35. The molecule has 2 nitrogen and oxygen atoms in total. The van der Waals surface area contributed by atoms with Gasteiger partial charge >= 0.3 is 0 Å². The first-order valence-corrected chi connectivity index (χ1v) is 8.40. The third-order valence-corrected chi connectivity index (χ3v) is 4.54. The number of hydrogen-bond donors (Lipinski definition) is 1. The highest BCUT2D eigenvalue weighted by Crippen LogP contribution is 2.31. The fourth-order valence-electron chi connectivity index (χ4n) is 3.38. The molecule has 1 saturated heterocycles. The molecule has 1 aliphatic heterocycles. The summed E-state index contributed by atoms with van der Waals surface area (Å²) in [6, 6.07) is 6.00. The van der Waals surface area contributed by atoms with E-state index in [4.69, 9.17) is 28.9 Å². The van der Waals surface area contributed by atoms with Gasteiger partial charge < -0.3 is 5.73 Å². The summed E-state index contributed by atoms with van der Waals surface area (Å²) in [5, 5.41) is 1.43. The smallest absolute Gasteiger partial charge is 0.0465 e. The topological polar surface area (TPSA) is 29.3 Å². The van der Waals surface area contributed by atoms with E-state index in [1.807, 2.05) is 18.2 Å². The molecule has 1 aromatic rings. The van der Waals surface area contributed by atoms with Gasteiger partial charge in [0.25, 0.3) is 0 Å². The van der Waals surface area contributed by atoms with Gasteiger partial charge in [-0.1, -0.05) is 50.0 Å². The molecule has 4 heteroatoms. The molecule has 0 aliphatic carbocycles. The van der Waals surface area contributed by atoms with Gasteiger partial charge in [0.2, 0.25) is 0 Å². The molecule has 0 bridgehead atoms. The van der Waals surface area contributed by atoms with Crippen LogP contribution in [0.5, 0.6) is 0 Å². The predicted molar refractivity (Wildman–Crippen MR) is 91.9 cm³/mol. The van der Waals surface area contributed by atoms with Crippen LogP contribution in [0.4, 0.5) is 0 Å². The van der Waals surface area contributed by atoms with Crippen LogP contribution in [-0.2, 0) is 6.54 Å². The molecule has 0 spiro atoms. The molecule has 0 amide bonds. The normalized spacial score (nSPS) is 24.3. The number of benzene rings is 1. The van der Waals surface area contributed by atoms with Crippen molar-refractivity contribution in [1.29, 1.82) is 0 Å². The van der Waals surface area contributed by atoms with Crippen LogP contribution in [0.15, 0.2) is 18.2 Å². The van der Waals surface area contributed by atoms with E-state index >= 15 is 0 Å². The molecule has 21 heavy (non-hydrogen) atoms. The molecule has 2 rings (SSSR count). The lowest BCUT2D eigenvalue weighted by Gasteiger charge is -2.39. The van der Waals surface area contributed by atoms with E-state index in [0.717, 1.165) is 36.6 Å². The van der Waals surface area contributed by atoms with Crippen molar-refractivity contribution in [3.05, 3.63) is 33.8 Å². The number of nitrogens with two attached hydrogens (primary N) is 1. The highest BCUT2D eigenvalue weighted by Gasteiger charge is 2.28. The van der Waals surface area contributed by atoms with E-state index in [1.165, 1.54) is 6.42 Å². The summed E-state index contributed by atoms with van der Waals surface area (Å²) in [4.78, 5) is 2.43. The largest absolute Gasteiger partial charge is 0.327 e. The van der Waals surface area contributed by atoms with Crippen molar-refractivity contribution in [2.75, 3.05) is 13.1 Å². The van der Waals surface area contributed by atoms with E-state index in [9.17, 15) is 0 Å². The van der Waals surface area contributed by atoms with Crippen LogP contribution < -0.4 is 5.73 Å². The first-order chi connectivity index (χ1) is 9.73. The Labute approximate surface area is 138 Å². The summed E-state index contributed by atoms with van der Waals surface area (Å²) in [5.74, 6) is 0.667. The van der Waals surface area contributed by atoms with E-state index in [2.05, 4.69) is 25.7 Å². The third kappa shape index (κ3) is 5.45. The maximum atomic E-state index is 6.29. The number of rotatable bonds is 3. The Kier molecular flexibility index (Phi) is 5.59. The van der Waals surface area contributed by atoms with Gasteiger partial charge in [-0.3, -0.25) is 4.90 Å². The van der Waals surface area contributed by atoms with Crippen molar-refractivity contribution in [3.63, 3.8) is 0 Å². The molecule has 2 unspecified atom stereocenters. The van der Waals surface area contributed by atoms with Crippen LogP contribution in [-0.4, -0.2) is 24.0 Å². The lowest BCUT2D eigenvalue weighted by Crippen LogP contribution is -2.47. The standard InChI is InChI=1S/C17H26Cl2N2/c1-17(2,3)8-12-6-15(20)11-21(9-12)10-13-4-5-14(18)7-16(13)19/h4-5,7,12,15H,6,8-11,20H2,1-3H3. The van der Waals surface area contributed by atoms with Crippen LogP contribution in [0.1, 0.15) is 39.2 Å². The van der Waals surface area contributed by atoms with E-state index in [0.29, 0.717) is 16.4 Å². The van der Waals surface area contributed by atoms with Crippen LogP contribution in [0.25, 0.3) is 0 Å². The van der Waals surface area contributed by atoms with E-state index in [-0.39, 0.29) is 6.04 Å². The summed E-state index contributed by atoms with van der Waals surface area (Å²) < 4.78 is 0. The van der Waals surface area contributed by atoms with Crippen LogP contribution in [0.3, 0.4) is 0 Å². The number of halogens is 2. The number of hydrogen-bond acceptors (Lipinski definition) is 2. The maximum absolute atomic E-state index is 6.29. The average molecular weight is 329 g/mol. The van der Waals surface area contributed by atoms with Crippen molar-refractivity contribution in [1.82, 2.24) is 4.90 Å². The Morgan fingerprint density at radius 2 is 1.95 bits per heavy atom. The SMILES string of the molecule is CC(C)(C)CC1CC(N)CN(Cc2ccc(Cl)cc2Cl)C1. The van der Waals surface area contributed by atoms with Gasteiger partial charge in [-0.05, 0) is 41.9 Å². The fourth-order valence-corrected chi connectivity index (χ4v) is 3.85. The number of likely N-dealkylation sites (tertiary alicyclic amines) is 1. The minimum absolute atomic E-state index is 0.261. The second kappa shape index (κ2) is 6.87. The molecule has 118 valence electrons. The minimum atomic E-state index is 0.261. The lowest BCUT2D eigenvalue weighted by atomic mass is 9.80. The van der Waals surface area contributed by atoms with Gasteiger partial charge in [-0.25, -0.2) is 0 Å². The van der Waals surface area contributed by atoms with Crippen LogP contribution in [0.2, 0.25) is 10.0 Å². The lowest BCUT2D eigenvalue weighted by molar-refractivity contribution is 0.121. The zero-order valence-corrected chi connectivity index (χ0v) is 14.7. The maximum Gasteiger partial charge on any atom is 0.0465 e. The van der Waals surface area contributed by atoms with Gasteiger partial charge in [0.1, 0.15) is 0 Å². The summed E-state index contributed by atoms with van der Waals surface area (Å²) in [6.45, 7) is 9.79. The van der Waals surface area contributed by atoms with E-state index in [1.54, 1.807) is 0 Å². The van der Waals surface area contributed by atoms with Crippen LogP contribution in [0, 0.1) is 11.3 Å². The molecule has 0 radical (unpaired) electrons. The van der Waals surface area contributed by atoms with Gasteiger partial charge in [-0.2, -0.15) is 0 Å². The molecule has 0 saturated carbocycles. The first-order valence-electron chi connectivity index (χ1n) is 7.65. The zero-order chi connectivity index (χ0) is 15.6. The van der Waals surface area contributed by atoms with Gasteiger partial charge in [0.05, 0.1) is 0 Å². The molecule has 0 aromatic heterocycles. The van der Waals surface area contributed by atoms with Gasteiger partial charge in [0.15, 0.2) is 0 Å². The summed E-state index contributed by atoms with van der Waals surface area (Å²) >= 11 is 12.2. The molecule has 2 atom stereocenters. The second-order valence-corrected chi connectivity index (χ2v) is 8.40. The van der Waals surface area contributed by atoms with Gasteiger partial charge in [-0.15, -0.1) is 0 Å². The third-order valence-electron chi connectivity index (χ3n) is 3.96. The molecule has 1 heterocycles. The predicted octanol–water partition coefficient (Wildman–Crippen LogP) is 4.58. The average Bonchev–Trinajstić information content (AvgIpc) is 2.29. The summed E-state index contributed by atoms with van der Waals surface area (Å²) in [5.41, 5.74) is 7.74. The van der Waals surface area contributed by atoms with Crippen molar-refractivity contribution in [2.45, 2.75) is 46.2 Å². The fraction of sp³-hybridized carbons (Fsp3) is 0.647. The zero-order valence-electron chi connectivity index (χ0n) is 13.2. The van der Waals surface area contributed by atoms with Gasteiger partial charge in [0, 0.05) is 35.7 Å². The minimum Gasteiger partial charge on any atom is -0.327 e. The molecular weight excluding hydrogens is 303 g/mol. The van der Waals surface area contributed by atoms with Crippen molar-refractivity contribution < 1.29 is 0 Å². The van der Waals surface area contributed by atoms with Crippen LogP contribution >= 0.6 is 23.2 Å². The molecule has 2 N–H and O–H groups in total. The second-order valence-electron chi connectivity index (χ2n) is 7.56. The molecular formula is C17H26Cl2N2. The monoisotopic (exact) mass is 328 g/mol. The Balaban J connectivity index is 2.02. The number of nitrogens with zero attached hydrogens (tertiary/aromatic N) is 1. The summed E-state index contributed by atoms with van der Waals surface area (Å²) in [6.07, 6.45) is 2.34. The molecule has 1 aromatic carbocycles. The summed E-state index contributed by atoms with van der Waals surface area (Å²) in [7, 11) is 0. The van der Waals surface area contributed by atoms with Crippen molar-refractivity contribution in [2.24, 2.45) is 17.1 Å². The van der Waals surface area contributed by atoms with E-state index < -0.39 is 0 Å². The van der Waals surface area contributed by atoms with Crippen molar-refractivity contribution >= 4 is 23.2 Å². The molecule has 1 fully saturated rings. The van der Waals surface area contributed by atoms with Crippen molar-refractivity contribution in [3.8, 4) is 0 Å². The Bertz CT molecular complexity index is 482. The number of piperidine rings is 1. The first kappa shape index (κ1) is 17.1. The Morgan fingerprint density at radius 3 is 2.57 bits per heavy atom. The highest BCUT2D eigenvalue weighted by atomic mass is 35.5. The Morgan fingerprint density at radius 1 is 1.24 bits per heavy atom. The Hall–Kier alpha value is -0.280. The molecule has 1 aliphatic rings. The quantitative estimate of drug-likeness (QED) is 0.879.